The van der Waals surface area contributed by atoms with Crippen LogP contribution in [0.25, 0.3) is 5.69 Å². The molecule has 3 aromatic rings. The van der Waals surface area contributed by atoms with Gasteiger partial charge in [-0.1, -0.05) is 30.0 Å². The summed E-state index contributed by atoms with van der Waals surface area (Å²) in [7, 11) is 0. The van der Waals surface area contributed by atoms with Gasteiger partial charge in [0, 0.05) is 5.69 Å². The highest BCUT2D eigenvalue weighted by molar-refractivity contribution is 7.99. The van der Waals surface area contributed by atoms with E-state index in [2.05, 4.69) is 20.7 Å². The molecule has 1 amide bonds. The van der Waals surface area contributed by atoms with Crippen LogP contribution >= 0.6 is 11.8 Å². The highest BCUT2D eigenvalue weighted by atomic mass is 32.2. The van der Waals surface area contributed by atoms with Crippen molar-refractivity contribution in [1.29, 1.82) is 0 Å². The van der Waals surface area contributed by atoms with Gasteiger partial charge in [0.1, 0.15) is 5.82 Å². The van der Waals surface area contributed by atoms with E-state index in [0.29, 0.717) is 16.7 Å². The SMILES string of the molecule is Cc1nnc(SCC(=O)N/N=C\c2ccc3c(c2)OCO3)n1-c1ccccc1. The molecule has 28 heavy (non-hydrogen) atoms. The zero-order chi connectivity index (χ0) is 19.3. The van der Waals surface area contributed by atoms with E-state index < -0.39 is 0 Å². The van der Waals surface area contributed by atoms with Crippen LogP contribution < -0.4 is 14.9 Å². The van der Waals surface area contributed by atoms with Crippen LogP contribution in [0.5, 0.6) is 11.5 Å². The molecule has 4 rings (SSSR count). The molecule has 8 nitrogen and oxygen atoms in total. The number of para-hydroxylation sites is 1. The van der Waals surface area contributed by atoms with Gasteiger partial charge in [-0.2, -0.15) is 5.10 Å². The van der Waals surface area contributed by atoms with Crippen LogP contribution in [0.15, 0.2) is 58.8 Å². The van der Waals surface area contributed by atoms with E-state index in [9.17, 15) is 4.79 Å². The number of rotatable bonds is 6. The molecule has 0 unspecified atom stereocenters. The van der Waals surface area contributed by atoms with Gasteiger partial charge in [-0.3, -0.25) is 9.36 Å². The topological polar surface area (TPSA) is 90.6 Å². The minimum Gasteiger partial charge on any atom is -0.454 e. The van der Waals surface area contributed by atoms with E-state index in [1.54, 1.807) is 18.3 Å². The molecule has 142 valence electrons. The Morgan fingerprint density at radius 2 is 2.04 bits per heavy atom. The molecule has 2 heterocycles. The van der Waals surface area contributed by atoms with Gasteiger partial charge in [-0.25, -0.2) is 5.43 Å². The zero-order valence-electron chi connectivity index (χ0n) is 15.0. The lowest BCUT2D eigenvalue weighted by Gasteiger charge is -2.07. The number of carbonyl (C=O) groups excluding carboxylic acids is 1. The number of hydrazone groups is 1. The second-order valence-electron chi connectivity index (χ2n) is 5.90. The number of benzene rings is 2. The Kier molecular flexibility index (Phi) is 5.24. The van der Waals surface area contributed by atoms with Crippen molar-refractivity contribution in [1.82, 2.24) is 20.2 Å². The Balaban J connectivity index is 1.34. The lowest BCUT2D eigenvalue weighted by Crippen LogP contribution is -2.20. The molecule has 0 aliphatic carbocycles. The Bertz CT molecular complexity index is 1020. The van der Waals surface area contributed by atoms with Gasteiger partial charge >= 0.3 is 0 Å². The van der Waals surface area contributed by atoms with Gasteiger partial charge in [0.2, 0.25) is 6.79 Å². The first-order valence-corrected chi connectivity index (χ1v) is 9.51. The summed E-state index contributed by atoms with van der Waals surface area (Å²) in [6.45, 7) is 2.09. The third-order valence-electron chi connectivity index (χ3n) is 3.94. The summed E-state index contributed by atoms with van der Waals surface area (Å²) in [4.78, 5) is 12.1. The van der Waals surface area contributed by atoms with Gasteiger partial charge in [0.15, 0.2) is 16.7 Å². The molecule has 0 atom stereocenters. The summed E-state index contributed by atoms with van der Waals surface area (Å²) in [5.74, 6) is 2.07. The summed E-state index contributed by atoms with van der Waals surface area (Å²) in [6.07, 6.45) is 1.56. The van der Waals surface area contributed by atoms with Crippen LogP contribution in [-0.2, 0) is 4.79 Å². The van der Waals surface area contributed by atoms with Crippen LogP contribution in [0.2, 0.25) is 0 Å². The van der Waals surface area contributed by atoms with Crippen LogP contribution in [0, 0.1) is 6.92 Å². The van der Waals surface area contributed by atoms with Crippen LogP contribution in [0.3, 0.4) is 0 Å². The molecule has 1 aromatic heterocycles. The second-order valence-corrected chi connectivity index (χ2v) is 6.84. The van der Waals surface area contributed by atoms with Gasteiger partial charge in [0.05, 0.1) is 12.0 Å². The van der Waals surface area contributed by atoms with E-state index in [0.717, 1.165) is 17.1 Å². The van der Waals surface area contributed by atoms with Crippen molar-refractivity contribution in [2.45, 2.75) is 12.1 Å². The summed E-state index contributed by atoms with van der Waals surface area (Å²) < 4.78 is 12.5. The summed E-state index contributed by atoms with van der Waals surface area (Å²) >= 11 is 1.30. The minimum atomic E-state index is -0.234. The largest absolute Gasteiger partial charge is 0.454 e. The Morgan fingerprint density at radius 1 is 1.21 bits per heavy atom. The number of aromatic nitrogens is 3. The first-order chi connectivity index (χ1) is 13.7. The Hall–Kier alpha value is -3.33. The molecule has 1 N–H and O–H groups in total. The number of fused-ring (bicyclic) bond motifs is 1. The molecule has 0 saturated carbocycles. The monoisotopic (exact) mass is 395 g/mol. The smallest absolute Gasteiger partial charge is 0.250 e. The fourth-order valence-corrected chi connectivity index (χ4v) is 3.44. The summed E-state index contributed by atoms with van der Waals surface area (Å²) in [5, 5.41) is 12.9. The fraction of sp³-hybridized carbons (Fsp3) is 0.158. The quantitative estimate of drug-likeness (QED) is 0.392. The van der Waals surface area contributed by atoms with Crippen molar-refractivity contribution < 1.29 is 14.3 Å². The molecule has 2 aromatic carbocycles. The summed E-state index contributed by atoms with van der Waals surface area (Å²) in [6, 6.07) is 15.2. The normalized spacial score (nSPS) is 12.5. The van der Waals surface area contributed by atoms with Gasteiger partial charge < -0.3 is 9.47 Å². The molecule has 9 heteroatoms. The average Bonchev–Trinajstić information content (AvgIpc) is 3.33. The number of thioether (sulfide) groups is 1. The molecule has 1 aliphatic rings. The molecule has 0 radical (unpaired) electrons. The molecule has 0 bridgehead atoms. The van der Waals surface area contributed by atoms with Crippen molar-refractivity contribution in [3.63, 3.8) is 0 Å². The molecule has 0 spiro atoms. The van der Waals surface area contributed by atoms with E-state index in [1.165, 1.54) is 11.8 Å². The number of nitrogens with one attached hydrogen (secondary N) is 1. The number of nitrogens with zero attached hydrogens (tertiary/aromatic N) is 4. The first kappa shape index (κ1) is 18.1. The summed E-state index contributed by atoms with van der Waals surface area (Å²) in [5.41, 5.74) is 4.27. The second kappa shape index (κ2) is 8.13. The number of hydrogen-bond acceptors (Lipinski definition) is 7. The number of carbonyl (C=O) groups is 1. The number of hydrogen-bond donors (Lipinski definition) is 1. The maximum atomic E-state index is 12.1. The predicted molar refractivity (Wildman–Crippen MR) is 105 cm³/mol. The predicted octanol–water partition coefficient (Wildman–Crippen LogP) is 2.55. The highest BCUT2D eigenvalue weighted by Crippen LogP contribution is 2.31. The third kappa shape index (κ3) is 3.99. The van der Waals surface area contributed by atoms with Crippen molar-refractivity contribution in [3.8, 4) is 17.2 Å². The minimum absolute atomic E-state index is 0.170. The first-order valence-electron chi connectivity index (χ1n) is 8.52. The van der Waals surface area contributed by atoms with Crippen LogP contribution in [-0.4, -0.2) is 39.4 Å². The zero-order valence-corrected chi connectivity index (χ0v) is 15.8. The van der Waals surface area contributed by atoms with Gasteiger partial charge in [0.25, 0.3) is 5.91 Å². The molecule has 0 saturated heterocycles. The van der Waals surface area contributed by atoms with Crippen LogP contribution in [0.4, 0.5) is 0 Å². The van der Waals surface area contributed by atoms with Crippen LogP contribution in [0.1, 0.15) is 11.4 Å². The average molecular weight is 395 g/mol. The maximum absolute atomic E-state index is 12.1. The van der Waals surface area contributed by atoms with E-state index in [4.69, 9.17) is 9.47 Å². The van der Waals surface area contributed by atoms with Crippen molar-refractivity contribution in [2.24, 2.45) is 5.10 Å². The lowest BCUT2D eigenvalue weighted by atomic mass is 10.2. The van der Waals surface area contributed by atoms with Crippen molar-refractivity contribution >= 4 is 23.9 Å². The number of aryl methyl sites for hydroxylation is 1. The van der Waals surface area contributed by atoms with E-state index in [1.807, 2.05) is 47.9 Å². The standard InChI is InChI=1S/C19H17N5O3S/c1-13-21-23-19(24(13)15-5-3-2-4-6-15)28-11-18(25)22-20-10-14-7-8-16-17(9-14)27-12-26-16/h2-10H,11-12H2,1H3,(H,22,25)/b20-10-. The molecule has 0 fully saturated rings. The van der Waals surface area contributed by atoms with Crippen molar-refractivity contribution in [3.05, 3.63) is 59.9 Å². The highest BCUT2D eigenvalue weighted by Gasteiger charge is 2.14. The maximum Gasteiger partial charge on any atom is 0.250 e. The molecular weight excluding hydrogens is 378 g/mol. The van der Waals surface area contributed by atoms with Gasteiger partial charge in [-0.05, 0) is 42.8 Å². The fourth-order valence-electron chi connectivity index (χ4n) is 2.65. The molecular formula is C19H17N5O3S. The number of ether oxygens (including phenoxy) is 2. The third-order valence-corrected chi connectivity index (χ3v) is 4.87. The Morgan fingerprint density at radius 3 is 2.89 bits per heavy atom. The lowest BCUT2D eigenvalue weighted by molar-refractivity contribution is -0.118. The van der Waals surface area contributed by atoms with Gasteiger partial charge in [-0.15, -0.1) is 10.2 Å². The van der Waals surface area contributed by atoms with Crippen molar-refractivity contribution in [2.75, 3.05) is 12.5 Å². The number of amides is 1. The van der Waals surface area contributed by atoms with E-state index >= 15 is 0 Å². The molecule has 1 aliphatic heterocycles. The Labute approximate surface area is 165 Å². The van der Waals surface area contributed by atoms with E-state index in [-0.39, 0.29) is 18.5 Å².